The molecule has 1 amide bonds. The van der Waals surface area contributed by atoms with Crippen molar-refractivity contribution in [3.8, 4) is 5.75 Å². The molecule has 1 atom stereocenters. The third-order valence-corrected chi connectivity index (χ3v) is 5.48. The van der Waals surface area contributed by atoms with Gasteiger partial charge in [0.05, 0.1) is 12.3 Å². The summed E-state index contributed by atoms with van der Waals surface area (Å²) in [5.74, 6) is 1.23. The predicted octanol–water partition coefficient (Wildman–Crippen LogP) is 4.68. The Morgan fingerprint density at radius 2 is 1.92 bits per heavy atom. The van der Waals surface area contributed by atoms with Crippen LogP contribution in [-0.2, 0) is 4.74 Å². The highest BCUT2D eigenvalue weighted by Gasteiger charge is 2.36. The zero-order chi connectivity index (χ0) is 18.2. The van der Waals surface area contributed by atoms with Gasteiger partial charge in [-0.3, -0.25) is 10.2 Å². The SMILES string of the molecule is CCCCCCCOc1ccccc1NC(=O)OC1CN2CCC1CC2. The summed E-state index contributed by atoms with van der Waals surface area (Å²) < 4.78 is 11.6. The summed E-state index contributed by atoms with van der Waals surface area (Å²) in [6, 6.07) is 7.59. The van der Waals surface area contributed by atoms with Gasteiger partial charge in [-0.1, -0.05) is 44.7 Å². The number of ether oxygens (including phenoxy) is 2. The van der Waals surface area contributed by atoms with Crippen LogP contribution in [-0.4, -0.2) is 43.3 Å². The van der Waals surface area contributed by atoms with Crippen LogP contribution in [0.25, 0.3) is 0 Å². The van der Waals surface area contributed by atoms with Gasteiger partial charge in [0.15, 0.2) is 0 Å². The van der Waals surface area contributed by atoms with Crippen LogP contribution in [0.4, 0.5) is 10.5 Å². The zero-order valence-corrected chi connectivity index (χ0v) is 15.9. The molecule has 0 aliphatic carbocycles. The minimum absolute atomic E-state index is 0.0177. The lowest BCUT2D eigenvalue weighted by Crippen LogP contribution is -2.52. The number of anilines is 1. The first-order chi connectivity index (χ1) is 12.8. The lowest BCUT2D eigenvalue weighted by atomic mass is 9.86. The van der Waals surface area contributed by atoms with E-state index in [1.54, 1.807) is 0 Å². The smallest absolute Gasteiger partial charge is 0.412 e. The number of carbonyl (C=O) groups excluding carboxylic acids is 1. The lowest BCUT2D eigenvalue weighted by molar-refractivity contribution is -0.0290. The van der Waals surface area contributed by atoms with Crippen LogP contribution in [0.15, 0.2) is 24.3 Å². The summed E-state index contributed by atoms with van der Waals surface area (Å²) in [4.78, 5) is 14.7. The van der Waals surface area contributed by atoms with E-state index in [-0.39, 0.29) is 12.2 Å². The van der Waals surface area contributed by atoms with Gasteiger partial charge < -0.3 is 9.47 Å². The number of nitrogens with one attached hydrogen (secondary N) is 1. The minimum atomic E-state index is -0.372. The summed E-state index contributed by atoms with van der Waals surface area (Å²) >= 11 is 0. The van der Waals surface area contributed by atoms with E-state index in [0.29, 0.717) is 24.0 Å². The molecule has 4 rings (SSSR count). The molecule has 144 valence electrons. The maximum Gasteiger partial charge on any atom is 0.412 e. The predicted molar refractivity (Wildman–Crippen MR) is 104 cm³/mol. The van der Waals surface area contributed by atoms with Crippen molar-refractivity contribution in [2.75, 3.05) is 31.6 Å². The number of benzene rings is 1. The number of hydrogen-bond acceptors (Lipinski definition) is 4. The second kappa shape index (κ2) is 9.81. The molecule has 1 unspecified atom stereocenters. The van der Waals surface area contributed by atoms with Crippen molar-refractivity contribution >= 4 is 11.8 Å². The molecule has 0 aromatic heterocycles. The van der Waals surface area contributed by atoms with Crippen LogP contribution in [0.3, 0.4) is 0 Å². The molecular weight excluding hydrogens is 328 g/mol. The normalized spacial score (nSPS) is 24.3. The first-order valence-electron chi connectivity index (χ1n) is 10.2. The van der Waals surface area contributed by atoms with Gasteiger partial charge in [-0.05, 0) is 50.4 Å². The average Bonchev–Trinajstić information content (AvgIpc) is 2.66. The first-order valence-corrected chi connectivity index (χ1v) is 10.2. The number of unbranched alkanes of at least 4 members (excludes halogenated alkanes) is 4. The molecule has 3 aliphatic heterocycles. The number of rotatable bonds is 9. The van der Waals surface area contributed by atoms with Crippen molar-refractivity contribution in [3.63, 3.8) is 0 Å². The topological polar surface area (TPSA) is 50.8 Å². The summed E-state index contributed by atoms with van der Waals surface area (Å²) in [6.45, 7) is 6.04. The molecule has 3 saturated heterocycles. The number of fused-ring (bicyclic) bond motifs is 3. The second-order valence-electron chi connectivity index (χ2n) is 7.47. The Morgan fingerprint density at radius 3 is 2.65 bits per heavy atom. The van der Waals surface area contributed by atoms with Crippen molar-refractivity contribution < 1.29 is 14.3 Å². The highest BCUT2D eigenvalue weighted by Crippen LogP contribution is 2.30. The Morgan fingerprint density at radius 1 is 1.15 bits per heavy atom. The molecule has 5 heteroatoms. The Kier molecular flexibility index (Phi) is 7.18. The highest BCUT2D eigenvalue weighted by molar-refractivity contribution is 5.86. The van der Waals surface area contributed by atoms with Crippen LogP contribution in [0.5, 0.6) is 5.75 Å². The van der Waals surface area contributed by atoms with Crippen LogP contribution >= 0.6 is 0 Å². The van der Waals surface area contributed by atoms with E-state index in [1.807, 2.05) is 24.3 Å². The summed E-state index contributed by atoms with van der Waals surface area (Å²) in [5, 5.41) is 2.87. The minimum Gasteiger partial charge on any atom is -0.491 e. The Balaban J connectivity index is 1.45. The number of piperidine rings is 3. The Labute approximate surface area is 157 Å². The van der Waals surface area contributed by atoms with Crippen LogP contribution in [0.2, 0.25) is 0 Å². The van der Waals surface area contributed by atoms with Crippen molar-refractivity contribution in [2.24, 2.45) is 5.92 Å². The number of carbonyl (C=O) groups is 1. The van der Waals surface area contributed by atoms with Gasteiger partial charge >= 0.3 is 6.09 Å². The maximum atomic E-state index is 12.4. The average molecular weight is 360 g/mol. The van der Waals surface area contributed by atoms with Gasteiger partial charge in [-0.15, -0.1) is 0 Å². The fourth-order valence-electron chi connectivity index (χ4n) is 3.90. The number of para-hydroxylation sites is 2. The van der Waals surface area contributed by atoms with Gasteiger partial charge in [0.25, 0.3) is 0 Å². The van der Waals surface area contributed by atoms with E-state index >= 15 is 0 Å². The Hall–Kier alpha value is -1.75. The molecule has 1 aromatic carbocycles. The number of amides is 1. The molecule has 5 nitrogen and oxygen atoms in total. The van der Waals surface area contributed by atoms with Crippen molar-refractivity contribution in [1.29, 1.82) is 0 Å². The first kappa shape index (κ1) is 19.0. The summed E-state index contributed by atoms with van der Waals surface area (Å²) in [7, 11) is 0. The quantitative estimate of drug-likeness (QED) is 0.650. The fourth-order valence-corrected chi connectivity index (χ4v) is 3.90. The monoisotopic (exact) mass is 360 g/mol. The third-order valence-electron chi connectivity index (χ3n) is 5.48. The van der Waals surface area contributed by atoms with Crippen LogP contribution < -0.4 is 10.1 Å². The van der Waals surface area contributed by atoms with Gasteiger partial charge in [0, 0.05) is 6.54 Å². The standard InChI is InChI=1S/C21H32N2O3/c1-2-3-4-5-8-15-25-19-10-7-6-9-18(19)22-21(24)26-20-16-23-13-11-17(20)12-14-23/h6-7,9-10,17,20H,2-5,8,11-16H2,1H3,(H,22,24). The van der Waals surface area contributed by atoms with Crippen molar-refractivity contribution in [1.82, 2.24) is 4.90 Å². The van der Waals surface area contributed by atoms with Gasteiger partial charge in [-0.25, -0.2) is 4.79 Å². The molecule has 1 N–H and O–H groups in total. The molecule has 26 heavy (non-hydrogen) atoms. The molecule has 0 saturated carbocycles. The van der Waals surface area contributed by atoms with E-state index in [9.17, 15) is 4.79 Å². The number of nitrogens with zero attached hydrogens (tertiary/aromatic N) is 1. The molecule has 0 spiro atoms. The molecule has 2 bridgehead atoms. The van der Waals surface area contributed by atoms with Crippen molar-refractivity contribution in [2.45, 2.75) is 58.0 Å². The fraction of sp³-hybridized carbons (Fsp3) is 0.667. The number of hydrogen-bond donors (Lipinski definition) is 1. The highest BCUT2D eigenvalue weighted by atomic mass is 16.6. The summed E-state index contributed by atoms with van der Waals surface area (Å²) in [6.07, 6.45) is 7.92. The van der Waals surface area contributed by atoms with Crippen LogP contribution in [0, 0.1) is 5.92 Å². The van der Waals surface area contributed by atoms with Gasteiger partial charge in [0.2, 0.25) is 0 Å². The van der Waals surface area contributed by atoms with Crippen LogP contribution in [0.1, 0.15) is 51.9 Å². The molecular formula is C21H32N2O3. The van der Waals surface area contributed by atoms with Gasteiger partial charge in [0.1, 0.15) is 11.9 Å². The second-order valence-corrected chi connectivity index (χ2v) is 7.47. The molecule has 3 fully saturated rings. The van der Waals surface area contributed by atoms with Gasteiger partial charge in [-0.2, -0.15) is 0 Å². The van der Waals surface area contributed by atoms with E-state index in [2.05, 4.69) is 17.1 Å². The zero-order valence-electron chi connectivity index (χ0n) is 15.9. The van der Waals surface area contributed by atoms with E-state index in [1.165, 1.54) is 25.7 Å². The Bertz CT molecular complexity index is 570. The lowest BCUT2D eigenvalue weighted by Gasteiger charge is -2.43. The third kappa shape index (κ3) is 5.37. The molecule has 3 heterocycles. The van der Waals surface area contributed by atoms with Crippen molar-refractivity contribution in [3.05, 3.63) is 24.3 Å². The summed E-state index contributed by atoms with van der Waals surface area (Å²) in [5.41, 5.74) is 0.687. The molecule has 0 radical (unpaired) electrons. The van der Waals surface area contributed by atoms with E-state index in [0.717, 1.165) is 38.9 Å². The largest absolute Gasteiger partial charge is 0.491 e. The van der Waals surface area contributed by atoms with E-state index < -0.39 is 0 Å². The van der Waals surface area contributed by atoms with E-state index in [4.69, 9.17) is 9.47 Å². The maximum absolute atomic E-state index is 12.4. The molecule has 3 aliphatic rings. The molecule has 1 aromatic rings.